The van der Waals surface area contributed by atoms with E-state index in [0.717, 1.165) is 6.26 Å². The second kappa shape index (κ2) is 4.27. The molecule has 0 fully saturated rings. The van der Waals surface area contributed by atoms with Gasteiger partial charge >= 0.3 is 0 Å². The minimum atomic E-state index is -3.32. The maximum Gasteiger partial charge on any atom is 0.235 e. The van der Waals surface area contributed by atoms with Gasteiger partial charge in [-0.05, 0) is 20.8 Å². The summed E-state index contributed by atoms with van der Waals surface area (Å²) in [5, 5.41) is 11.7. The highest BCUT2D eigenvalue weighted by molar-refractivity contribution is 7.91. The molecule has 0 heterocycles. The smallest absolute Gasteiger partial charge is 0.235 e. The number of hydrogen-bond acceptors (Lipinski definition) is 4. The molecule has 0 aliphatic heterocycles. The standard InChI is InChI=1S/C8H17NO4S/c1-6(10)8(2,3)9-7(11)5-14(4,12)13/h6,10H,5H2,1-4H3,(H,9,11). The van der Waals surface area contributed by atoms with Crippen LogP contribution in [0.5, 0.6) is 0 Å². The Morgan fingerprint density at radius 2 is 1.93 bits per heavy atom. The van der Waals surface area contributed by atoms with Crippen LogP contribution in [-0.4, -0.2) is 43.1 Å². The Balaban J connectivity index is 4.35. The molecule has 14 heavy (non-hydrogen) atoms. The molecule has 0 saturated heterocycles. The van der Waals surface area contributed by atoms with E-state index in [4.69, 9.17) is 0 Å². The largest absolute Gasteiger partial charge is 0.391 e. The Kier molecular flexibility index (Phi) is 4.08. The van der Waals surface area contributed by atoms with Crippen molar-refractivity contribution in [3.63, 3.8) is 0 Å². The quantitative estimate of drug-likeness (QED) is 0.660. The van der Waals surface area contributed by atoms with Gasteiger partial charge in [-0.1, -0.05) is 0 Å². The fourth-order valence-electron chi connectivity index (χ4n) is 0.738. The summed E-state index contributed by atoms with van der Waals surface area (Å²) in [5.41, 5.74) is -0.818. The molecule has 1 atom stereocenters. The Labute approximate surface area is 84.4 Å². The van der Waals surface area contributed by atoms with Gasteiger partial charge in [-0.15, -0.1) is 0 Å². The minimum Gasteiger partial charge on any atom is -0.391 e. The number of sulfone groups is 1. The van der Waals surface area contributed by atoms with Crippen molar-refractivity contribution in [1.82, 2.24) is 5.32 Å². The van der Waals surface area contributed by atoms with Crippen LogP contribution in [0.1, 0.15) is 20.8 Å². The highest BCUT2D eigenvalue weighted by Crippen LogP contribution is 2.07. The van der Waals surface area contributed by atoms with E-state index < -0.39 is 33.1 Å². The second-order valence-corrected chi connectivity index (χ2v) is 6.16. The molecule has 0 spiro atoms. The highest BCUT2D eigenvalue weighted by Gasteiger charge is 2.26. The Bertz CT molecular complexity index is 305. The zero-order valence-corrected chi connectivity index (χ0v) is 9.68. The number of amides is 1. The van der Waals surface area contributed by atoms with E-state index in [1.165, 1.54) is 6.92 Å². The summed E-state index contributed by atoms with van der Waals surface area (Å²) in [6.07, 6.45) is 0.244. The van der Waals surface area contributed by atoms with Crippen molar-refractivity contribution < 1.29 is 18.3 Å². The molecule has 1 amide bonds. The number of nitrogens with one attached hydrogen (secondary N) is 1. The number of rotatable bonds is 4. The summed E-state index contributed by atoms with van der Waals surface area (Å²) in [5.74, 6) is -1.15. The third-order valence-corrected chi connectivity index (χ3v) is 2.69. The first-order chi connectivity index (χ1) is 6.04. The van der Waals surface area contributed by atoms with Gasteiger partial charge in [0.2, 0.25) is 5.91 Å². The molecule has 5 nitrogen and oxygen atoms in total. The summed E-state index contributed by atoms with van der Waals surface area (Å²) in [6.45, 7) is 4.77. The predicted octanol–water partition coefficient (Wildman–Crippen LogP) is -0.693. The molecule has 0 saturated carbocycles. The van der Waals surface area contributed by atoms with Crippen LogP contribution in [0.4, 0.5) is 0 Å². The van der Waals surface area contributed by atoms with Crippen LogP contribution in [0, 0.1) is 0 Å². The van der Waals surface area contributed by atoms with E-state index in [2.05, 4.69) is 5.32 Å². The summed E-state index contributed by atoms with van der Waals surface area (Å²) in [7, 11) is -3.32. The summed E-state index contributed by atoms with van der Waals surface area (Å²) >= 11 is 0. The molecule has 0 aliphatic rings. The zero-order chi connectivity index (χ0) is 11.6. The van der Waals surface area contributed by atoms with Gasteiger partial charge in [0, 0.05) is 6.26 Å². The van der Waals surface area contributed by atoms with Crippen molar-refractivity contribution in [2.45, 2.75) is 32.4 Å². The van der Waals surface area contributed by atoms with Gasteiger partial charge in [-0.2, -0.15) is 0 Å². The molecule has 0 aromatic heterocycles. The van der Waals surface area contributed by atoms with E-state index in [1.807, 2.05) is 0 Å². The highest BCUT2D eigenvalue weighted by atomic mass is 32.2. The minimum absolute atomic E-state index is 0.552. The first-order valence-corrected chi connectivity index (χ1v) is 6.27. The van der Waals surface area contributed by atoms with Gasteiger partial charge in [0.15, 0.2) is 9.84 Å². The third-order valence-electron chi connectivity index (χ3n) is 1.90. The van der Waals surface area contributed by atoms with E-state index >= 15 is 0 Å². The zero-order valence-electron chi connectivity index (χ0n) is 8.86. The molecular formula is C8H17NO4S. The van der Waals surface area contributed by atoms with E-state index in [0.29, 0.717) is 0 Å². The van der Waals surface area contributed by atoms with Crippen molar-refractivity contribution in [3.05, 3.63) is 0 Å². The third kappa shape index (κ3) is 5.18. The van der Waals surface area contributed by atoms with Crippen LogP contribution >= 0.6 is 0 Å². The SMILES string of the molecule is CC(O)C(C)(C)NC(=O)CS(C)(=O)=O. The van der Waals surface area contributed by atoms with Crippen LogP contribution in [0.25, 0.3) is 0 Å². The van der Waals surface area contributed by atoms with Gasteiger partial charge in [-0.3, -0.25) is 4.79 Å². The number of carbonyl (C=O) groups excluding carboxylic acids is 1. The lowest BCUT2D eigenvalue weighted by atomic mass is 9.99. The monoisotopic (exact) mass is 223 g/mol. The maximum absolute atomic E-state index is 11.2. The normalized spacial score (nSPS) is 14.9. The summed E-state index contributed by atoms with van der Waals surface area (Å²) in [4.78, 5) is 11.2. The lowest BCUT2D eigenvalue weighted by molar-refractivity contribution is -0.121. The second-order valence-electron chi connectivity index (χ2n) is 4.02. The topological polar surface area (TPSA) is 83.5 Å². The number of aliphatic hydroxyl groups excluding tert-OH is 1. The van der Waals surface area contributed by atoms with Crippen molar-refractivity contribution in [2.75, 3.05) is 12.0 Å². The summed E-state index contributed by atoms with van der Waals surface area (Å²) < 4.78 is 21.5. The van der Waals surface area contributed by atoms with Crippen molar-refractivity contribution >= 4 is 15.7 Å². The van der Waals surface area contributed by atoms with Crippen molar-refractivity contribution in [3.8, 4) is 0 Å². The number of carbonyl (C=O) groups is 1. The van der Waals surface area contributed by atoms with Crippen LogP contribution in [0.3, 0.4) is 0 Å². The van der Waals surface area contributed by atoms with Crippen LogP contribution in [-0.2, 0) is 14.6 Å². The number of aliphatic hydroxyl groups is 1. The molecule has 0 aliphatic carbocycles. The van der Waals surface area contributed by atoms with Crippen LogP contribution < -0.4 is 5.32 Å². The first-order valence-electron chi connectivity index (χ1n) is 4.21. The van der Waals surface area contributed by atoms with E-state index in [1.54, 1.807) is 13.8 Å². The lowest BCUT2D eigenvalue weighted by Gasteiger charge is -2.29. The Morgan fingerprint density at radius 3 is 2.21 bits per heavy atom. The van der Waals surface area contributed by atoms with Crippen molar-refractivity contribution in [2.24, 2.45) is 0 Å². The molecule has 0 aromatic carbocycles. The first kappa shape index (κ1) is 13.4. The molecule has 0 bridgehead atoms. The summed E-state index contributed by atoms with van der Waals surface area (Å²) in [6, 6.07) is 0. The van der Waals surface area contributed by atoms with Gasteiger partial charge in [-0.25, -0.2) is 8.42 Å². The van der Waals surface area contributed by atoms with E-state index in [-0.39, 0.29) is 0 Å². The molecule has 1 unspecified atom stereocenters. The molecule has 0 rings (SSSR count). The predicted molar refractivity (Wildman–Crippen MR) is 53.6 cm³/mol. The molecular weight excluding hydrogens is 206 g/mol. The average molecular weight is 223 g/mol. The Morgan fingerprint density at radius 1 is 1.50 bits per heavy atom. The molecule has 0 aromatic rings. The molecule has 2 N–H and O–H groups in total. The van der Waals surface area contributed by atoms with Crippen LogP contribution in [0.2, 0.25) is 0 Å². The van der Waals surface area contributed by atoms with E-state index in [9.17, 15) is 18.3 Å². The van der Waals surface area contributed by atoms with Gasteiger partial charge in [0.25, 0.3) is 0 Å². The lowest BCUT2D eigenvalue weighted by Crippen LogP contribution is -2.52. The fraction of sp³-hybridized carbons (Fsp3) is 0.875. The average Bonchev–Trinajstić information content (AvgIpc) is 1.79. The fourth-order valence-corrected chi connectivity index (χ4v) is 1.29. The number of hydrogen-bond donors (Lipinski definition) is 2. The van der Waals surface area contributed by atoms with Crippen molar-refractivity contribution in [1.29, 1.82) is 0 Å². The Hall–Kier alpha value is -0.620. The molecule has 0 radical (unpaired) electrons. The van der Waals surface area contributed by atoms with Gasteiger partial charge < -0.3 is 10.4 Å². The van der Waals surface area contributed by atoms with Crippen LogP contribution in [0.15, 0.2) is 0 Å². The molecule has 6 heteroatoms. The van der Waals surface area contributed by atoms with Gasteiger partial charge in [0.05, 0.1) is 11.6 Å². The molecule has 84 valence electrons. The maximum atomic E-state index is 11.2. The van der Waals surface area contributed by atoms with Gasteiger partial charge in [0.1, 0.15) is 5.75 Å².